The molecular formula is C34H51NO5. The molecule has 0 spiro atoms. The van der Waals surface area contributed by atoms with Crippen molar-refractivity contribution in [2.75, 3.05) is 19.0 Å². The van der Waals surface area contributed by atoms with Gasteiger partial charge in [0.1, 0.15) is 5.78 Å². The van der Waals surface area contributed by atoms with Crippen molar-refractivity contribution in [1.29, 1.82) is 0 Å². The van der Waals surface area contributed by atoms with Gasteiger partial charge in [0.25, 0.3) is 0 Å². The van der Waals surface area contributed by atoms with Gasteiger partial charge in [-0.3, -0.25) is 4.79 Å². The molecule has 40 heavy (non-hydrogen) atoms. The highest BCUT2D eigenvalue weighted by Crippen LogP contribution is 2.32. The Balaban J connectivity index is 1.27. The Morgan fingerprint density at radius 2 is 1.68 bits per heavy atom. The zero-order chi connectivity index (χ0) is 28.6. The lowest BCUT2D eigenvalue weighted by Gasteiger charge is -2.24. The fraction of sp³-hybridized carbons (Fsp3) is 0.618. The number of hydrogen-bond acceptors (Lipinski definition) is 6. The Kier molecular flexibility index (Phi) is 14.4. The number of nitrogens with one attached hydrogen (secondary N) is 1. The minimum absolute atomic E-state index is 0.114. The van der Waals surface area contributed by atoms with E-state index in [0.29, 0.717) is 25.8 Å². The van der Waals surface area contributed by atoms with E-state index in [4.69, 9.17) is 9.47 Å². The molecule has 0 saturated heterocycles. The van der Waals surface area contributed by atoms with Crippen molar-refractivity contribution >= 4 is 11.5 Å². The van der Waals surface area contributed by atoms with Gasteiger partial charge in [-0.1, -0.05) is 50.3 Å². The average molecular weight is 554 g/mol. The van der Waals surface area contributed by atoms with Gasteiger partial charge in [0.2, 0.25) is 0 Å². The van der Waals surface area contributed by atoms with Crippen molar-refractivity contribution < 1.29 is 24.5 Å². The summed E-state index contributed by atoms with van der Waals surface area (Å²) < 4.78 is 11.7. The molecule has 1 fully saturated rings. The molecule has 2 unspecified atom stereocenters. The van der Waals surface area contributed by atoms with Crippen molar-refractivity contribution in [2.45, 2.75) is 122 Å². The lowest BCUT2D eigenvalue weighted by Crippen LogP contribution is -2.20. The zero-order valence-corrected chi connectivity index (χ0v) is 24.7. The van der Waals surface area contributed by atoms with Crippen LogP contribution in [0.3, 0.4) is 0 Å². The lowest BCUT2D eigenvalue weighted by atomic mass is 9.97. The topological polar surface area (TPSA) is 88.0 Å². The fourth-order valence-corrected chi connectivity index (χ4v) is 5.42. The third-order valence-corrected chi connectivity index (χ3v) is 7.76. The molecule has 6 nitrogen and oxygen atoms in total. The molecule has 2 atom stereocenters. The van der Waals surface area contributed by atoms with E-state index in [1.807, 2.05) is 24.3 Å². The number of benzene rings is 2. The molecule has 0 radical (unpaired) electrons. The average Bonchev–Trinajstić information content (AvgIpc) is 2.95. The largest absolute Gasteiger partial charge is 0.493 e. The highest BCUT2D eigenvalue weighted by Gasteiger charge is 2.18. The molecule has 2 aromatic rings. The molecule has 1 aliphatic carbocycles. The first-order chi connectivity index (χ1) is 19.4. The van der Waals surface area contributed by atoms with E-state index >= 15 is 0 Å². The summed E-state index contributed by atoms with van der Waals surface area (Å²) in [4.78, 5) is 12.5. The molecule has 0 aromatic heterocycles. The molecule has 0 heterocycles. The van der Waals surface area contributed by atoms with E-state index in [1.54, 1.807) is 14.0 Å². The third-order valence-electron chi connectivity index (χ3n) is 7.76. The second-order valence-corrected chi connectivity index (χ2v) is 11.5. The number of carbonyl (C=O) groups excluding carboxylic acids is 1. The van der Waals surface area contributed by atoms with Gasteiger partial charge in [-0.25, -0.2) is 0 Å². The van der Waals surface area contributed by atoms with Crippen molar-refractivity contribution in [3.8, 4) is 11.5 Å². The van der Waals surface area contributed by atoms with Crippen LogP contribution in [0.15, 0.2) is 42.5 Å². The standard InChI is InChI=1S/C34H51NO5/c1-26(36)25-35-29-14-11-13-27(22-29)12-7-4-3-5-8-15-30(37)24-31(38)20-18-28-19-21-33(39-2)34(23-28)40-32-16-9-6-10-17-32/h11,13-14,19,21-23,26,30,32,35-37H,3-10,12,15-18,20,24-25H2,1-2H3. The van der Waals surface area contributed by atoms with Crippen LogP contribution in [0.4, 0.5) is 5.69 Å². The summed E-state index contributed by atoms with van der Waals surface area (Å²) in [6.45, 7) is 2.33. The molecule has 0 bridgehead atoms. The number of ketones is 1. The zero-order valence-electron chi connectivity index (χ0n) is 24.7. The number of aliphatic hydroxyl groups excluding tert-OH is 2. The normalized spacial score (nSPS) is 15.4. The van der Waals surface area contributed by atoms with Crippen LogP contribution in [-0.4, -0.2) is 48.0 Å². The third kappa shape index (κ3) is 12.3. The SMILES string of the molecule is COc1ccc(CCC(=O)CC(O)CCCCCCCc2cccc(NCC(C)O)c2)cc1OC1CCCCC1. The van der Waals surface area contributed by atoms with Crippen molar-refractivity contribution in [3.05, 3.63) is 53.6 Å². The van der Waals surface area contributed by atoms with Crippen LogP contribution < -0.4 is 14.8 Å². The van der Waals surface area contributed by atoms with Gasteiger partial charge in [-0.05, 0) is 93.7 Å². The Morgan fingerprint density at radius 1 is 0.925 bits per heavy atom. The first-order valence-corrected chi connectivity index (χ1v) is 15.5. The highest BCUT2D eigenvalue weighted by molar-refractivity contribution is 5.79. The van der Waals surface area contributed by atoms with E-state index < -0.39 is 6.10 Å². The Labute approximate surface area is 241 Å². The molecule has 0 aliphatic heterocycles. The van der Waals surface area contributed by atoms with Crippen LogP contribution in [0.5, 0.6) is 11.5 Å². The second kappa shape index (κ2) is 18.0. The maximum absolute atomic E-state index is 12.5. The van der Waals surface area contributed by atoms with Crippen LogP contribution in [0.2, 0.25) is 0 Å². The van der Waals surface area contributed by atoms with Crippen molar-refractivity contribution in [1.82, 2.24) is 0 Å². The molecule has 3 N–H and O–H groups in total. The summed E-state index contributed by atoms with van der Waals surface area (Å²) in [6.07, 6.45) is 13.7. The second-order valence-electron chi connectivity index (χ2n) is 11.5. The monoisotopic (exact) mass is 553 g/mol. The van der Waals surface area contributed by atoms with E-state index in [2.05, 4.69) is 23.5 Å². The van der Waals surface area contributed by atoms with Gasteiger partial charge >= 0.3 is 0 Å². The number of ether oxygens (including phenoxy) is 2. The summed E-state index contributed by atoms with van der Waals surface area (Å²) in [5.41, 5.74) is 3.43. The van der Waals surface area contributed by atoms with Gasteiger partial charge in [0, 0.05) is 25.1 Å². The minimum Gasteiger partial charge on any atom is -0.493 e. The Bertz CT molecular complexity index is 1000. The van der Waals surface area contributed by atoms with Crippen LogP contribution in [0, 0.1) is 0 Å². The predicted molar refractivity (Wildman–Crippen MR) is 162 cm³/mol. The number of aliphatic hydroxyl groups is 2. The fourth-order valence-electron chi connectivity index (χ4n) is 5.42. The highest BCUT2D eigenvalue weighted by atomic mass is 16.5. The molecule has 6 heteroatoms. The number of aryl methyl sites for hydroxylation is 2. The van der Waals surface area contributed by atoms with E-state index in [1.165, 1.54) is 24.8 Å². The summed E-state index contributed by atoms with van der Waals surface area (Å²) in [7, 11) is 1.66. The van der Waals surface area contributed by atoms with Crippen molar-refractivity contribution in [2.24, 2.45) is 0 Å². The van der Waals surface area contributed by atoms with Crippen LogP contribution >= 0.6 is 0 Å². The Morgan fingerprint density at radius 3 is 2.45 bits per heavy atom. The van der Waals surface area contributed by atoms with Gasteiger partial charge in [0.15, 0.2) is 11.5 Å². The van der Waals surface area contributed by atoms with Crippen LogP contribution in [0.1, 0.15) is 102 Å². The lowest BCUT2D eigenvalue weighted by molar-refractivity contribution is -0.121. The predicted octanol–water partition coefficient (Wildman–Crippen LogP) is 7.04. The number of hydrogen-bond donors (Lipinski definition) is 3. The van der Waals surface area contributed by atoms with E-state index in [9.17, 15) is 15.0 Å². The first-order valence-electron chi connectivity index (χ1n) is 15.5. The number of carbonyl (C=O) groups is 1. The number of Topliss-reactive ketones (excluding diaryl/α,β-unsaturated/α-hetero) is 1. The van der Waals surface area contributed by atoms with E-state index in [-0.39, 0.29) is 24.4 Å². The molecule has 0 amide bonds. The van der Waals surface area contributed by atoms with E-state index in [0.717, 1.165) is 74.1 Å². The molecular weight excluding hydrogens is 502 g/mol. The Hall–Kier alpha value is -2.57. The molecule has 1 aliphatic rings. The summed E-state index contributed by atoms with van der Waals surface area (Å²) >= 11 is 0. The maximum Gasteiger partial charge on any atom is 0.161 e. The molecule has 1 saturated carbocycles. The molecule has 2 aromatic carbocycles. The maximum atomic E-state index is 12.5. The number of unbranched alkanes of at least 4 members (excludes halogenated alkanes) is 4. The first kappa shape index (κ1) is 32.0. The summed E-state index contributed by atoms with van der Waals surface area (Å²) in [5.74, 6) is 1.63. The number of methoxy groups -OCH3 is 1. The van der Waals surface area contributed by atoms with Gasteiger partial charge in [-0.2, -0.15) is 0 Å². The van der Waals surface area contributed by atoms with Gasteiger partial charge in [-0.15, -0.1) is 0 Å². The van der Waals surface area contributed by atoms with Gasteiger partial charge in [0.05, 0.1) is 25.4 Å². The minimum atomic E-state index is -0.551. The summed E-state index contributed by atoms with van der Waals surface area (Å²) in [5, 5.41) is 23.1. The number of rotatable bonds is 19. The van der Waals surface area contributed by atoms with Crippen molar-refractivity contribution in [3.63, 3.8) is 0 Å². The van der Waals surface area contributed by atoms with Crippen LogP contribution in [-0.2, 0) is 17.6 Å². The van der Waals surface area contributed by atoms with Crippen LogP contribution in [0.25, 0.3) is 0 Å². The number of anilines is 1. The molecule has 3 rings (SSSR count). The molecule has 222 valence electrons. The summed E-state index contributed by atoms with van der Waals surface area (Å²) in [6, 6.07) is 14.4. The van der Waals surface area contributed by atoms with Gasteiger partial charge < -0.3 is 25.0 Å². The quantitative estimate of drug-likeness (QED) is 0.162. The smallest absolute Gasteiger partial charge is 0.161 e.